The molecule has 0 aromatic heterocycles. The number of esters is 3. The van der Waals surface area contributed by atoms with Gasteiger partial charge in [-0.25, -0.2) is 14.4 Å². The Balaban J connectivity index is 1.56. The van der Waals surface area contributed by atoms with Gasteiger partial charge in [-0.3, -0.25) is 0 Å². The molecule has 218 valence electrons. The summed E-state index contributed by atoms with van der Waals surface area (Å²) in [7, 11) is 0. The largest absolute Gasteiger partial charge is 0.423 e. The van der Waals surface area contributed by atoms with Gasteiger partial charge in [0.05, 0.1) is 17.7 Å². The quantitative estimate of drug-likeness (QED) is 0.109. The van der Waals surface area contributed by atoms with Gasteiger partial charge in [0.1, 0.15) is 5.75 Å². The van der Waals surface area contributed by atoms with Gasteiger partial charge in [-0.1, -0.05) is 81.1 Å². The third kappa shape index (κ3) is 8.15. The molecule has 0 radical (unpaired) electrons. The SMILES string of the molecule is C=CC(=O)Oc1ccc(-c2ccc(OC(=O)C(=C)CO)c(OC(=O)c3ccc(-c4ccc(CCCC)cc4)cc3)c2)cc1. The zero-order valence-corrected chi connectivity index (χ0v) is 23.9. The number of carbonyl (C=O) groups is 3. The molecule has 0 heterocycles. The van der Waals surface area contributed by atoms with Crippen molar-refractivity contribution in [3.63, 3.8) is 0 Å². The summed E-state index contributed by atoms with van der Waals surface area (Å²) in [5.74, 6) is -1.77. The van der Waals surface area contributed by atoms with Gasteiger partial charge in [0.2, 0.25) is 0 Å². The average Bonchev–Trinajstić information content (AvgIpc) is 3.04. The molecule has 0 unspecified atom stereocenters. The number of unbranched alkanes of at least 4 members (excludes halogenated alkanes) is 1. The first-order valence-corrected chi connectivity index (χ1v) is 13.8. The molecule has 0 bridgehead atoms. The van der Waals surface area contributed by atoms with E-state index >= 15 is 0 Å². The van der Waals surface area contributed by atoms with Gasteiger partial charge in [-0.05, 0) is 77.1 Å². The highest BCUT2D eigenvalue weighted by Gasteiger charge is 2.18. The summed E-state index contributed by atoms with van der Waals surface area (Å²) in [5.41, 5.74) is 4.80. The Hall–Kier alpha value is -5.27. The lowest BCUT2D eigenvalue weighted by Gasteiger charge is -2.13. The minimum atomic E-state index is -0.856. The van der Waals surface area contributed by atoms with Crippen LogP contribution in [0.25, 0.3) is 22.3 Å². The lowest BCUT2D eigenvalue weighted by molar-refractivity contribution is -0.131. The maximum absolute atomic E-state index is 13.2. The Morgan fingerprint density at radius 2 is 1.33 bits per heavy atom. The lowest BCUT2D eigenvalue weighted by Crippen LogP contribution is -2.15. The van der Waals surface area contributed by atoms with Gasteiger partial charge in [-0.2, -0.15) is 0 Å². The molecule has 0 saturated heterocycles. The Bertz CT molecular complexity index is 1620. The van der Waals surface area contributed by atoms with Gasteiger partial charge in [-0.15, -0.1) is 0 Å². The van der Waals surface area contributed by atoms with Crippen LogP contribution >= 0.6 is 0 Å². The first-order valence-electron chi connectivity index (χ1n) is 13.8. The molecule has 0 fully saturated rings. The smallest absolute Gasteiger partial charge is 0.343 e. The molecule has 1 N–H and O–H groups in total. The number of benzene rings is 4. The van der Waals surface area contributed by atoms with E-state index in [0.29, 0.717) is 16.9 Å². The summed E-state index contributed by atoms with van der Waals surface area (Å²) < 4.78 is 16.2. The number of ether oxygens (including phenoxy) is 3. The molecular weight excluding hydrogens is 544 g/mol. The third-order valence-corrected chi connectivity index (χ3v) is 6.63. The van der Waals surface area contributed by atoms with Crippen molar-refractivity contribution in [3.05, 3.63) is 127 Å². The van der Waals surface area contributed by atoms with Crippen LogP contribution in [-0.2, 0) is 16.0 Å². The average molecular weight is 577 g/mol. The van der Waals surface area contributed by atoms with E-state index in [4.69, 9.17) is 14.2 Å². The van der Waals surface area contributed by atoms with E-state index in [1.165, 1.54) is 11.6 Å². The van der Waals surface area contributed by atoms with E-state index in [9.17, 15) is 19.5 Å². The fourth-order valence-corrected chi connectivity index (χ4v) is 4.16. The fraction of sp³-hybridized carbons (Fsp3) is 0.139. The minimum Gasteiger partial charge on any atom is -0.423 e. The number of aryl methyl sites for hydroxylation is 1. The van der Waals surface area contributed by atoms with Crippen molar-refractivity contribution in [2.75, 3.05) is 6.61 Å². The first-order chi connectivity index (χ1) is 20.8. The number of rotatable bonds is 12. The Morgan fingerprint density at radius 3 is 1.93 bits per heavy atom. The van der Waals surface area contributed by atoms with Crippen LogP contribution in [-0.4, -0.2) is 29.6 Å². The van der Waals surface area contributed by atoms with E-state index in [1.54, 1.807) is 48.5 Å². The number of aliphatic hydroxyl groups excluding tert-OH is 1. The summed E-state index contributed by atoms with van der Waals surface area (Å²) >= 11 is 0. The normalized spacial score (nSPS) is 10.5. The topological polar surface area (TPSA) is 99.1 Å². The maximum atomic E-state index is 13.2. The third-order valence-electron chi connectivity index (χ3n) is 6.63. The van der Waals surface area contributed by atoms with E-state index in [1.807, 2.05) is 12.1 Å². The molecule has 0 saturated carbocycles. The minimum absolute atomic E-state index is 0.00417. The van der Waals surface area contributed by atoms with Crippen LogP contribution in [0.1, 0.15) is 35.7 Å². The molecule has 0 aliphatic heterocycles. The Labute approximate surface area is 250 Å². The van der Waals surface area contributed by atoms with Crippen molar-refractivity contribution in [2.24, 2.45) is 0 Å². The molecule has 0 amide bonds. The maximum Gasteiger partial charge on any atom is 0.343 e. The van der Waals surface area contributed by atoms with E-state index in [-0.39, 0.29) is 17.1 Å². The molecular formula is C36H32O7. The van der Waals surface area contributed by atoms with Crippen LogP contribution in [0.3, 0.4) is 0 Å². The zero-order chi connectivity index (χ0) is 30.8. The van der Waals surface area contributed by atoms with Crippen LogP contribution in [0.4, 0.5) is 0 Å². The molecule has 4 aromatic rings. The first kappa shape index (κ1) is 30.7. The van der Waals surface area contributed by atoms with Crippen molar-refractivity contribution in [2.45, 2.75) is 26.2 Å². The predicted octanol–water partition coefficient (Wildman–Crippen LogP) is 7.13. The number of carbonyl (C=O) groups excluding carboxylic acids is 3. The number of aliphatic hydroxyl groups is 1. The molecule has 0 spiro atoms. The molecule has 0 aliphatic carbocycles. The predicted molar refractivity (Wildman–Crippen MR) is 165 cm³/mol. The van der Waals surface area contributed by atoms with E-state index in [2.05, 4.69) is 44.3 Å². The van der Waals surface area contributed by atoms with Crippen molar-refractivity contribution in [1.82, 2.24) is 0 Å². The monoisotopic (exact) mass is 576 g/mol. The van der Waals surface area contributed by atoms with E-state index < -0.39 is 24.5 Å². The number of hydrogen-bond acceptors (Lipinski definition) is 7. The van der Waals surface area contributed by atoms with Crippen molar-refractivity contribution in [1.29, 1.82) is 0 Å². The highest BCUT2D eigenvalue weighted by atomic mass is 16.6. The van der Waals surface area contributed by atoms with Crippen LogP contribution in [0.2, 0.25) is 0 Å². The van der Waals surface area contributed by atoms with Gasteiger partial charge < -0.3 is 19.3 Å². The molecule has 0 aliphatic rings. The standard InChI is InChI=1S/C36H32O7/c1-4-6-7-25-8-10-26(11-9-25)27-12-14-29(15-13-27)36(40)43-33-22-30(18-21-32(33)42-35(39)24(3)23-37)28-16-19-31(20-17-28)41-34(38)5-2/h5,8-22,37H,2-4,6-7,23H2,1H3. The second kappa shape index (κ2) is 14.6. The zero-order valence-electron chi connectivity index (χ0n) is 23.9. The fourth-order valence-electron chi connectivity index (χ4n) is 4.16. The molecule has 43 heavy (non-hydrogen) atoms. The van der Waals surface area contributed by atoms with Gasteiger partial charge in [0.15, 0.2) is 11.5 Å². The van der Waals surface area contributed by atoms with Crippen LogP contribution < -0.4 is 14.2 Å². The molecule has 7 heteroatoms. The van der Waals surface area contributed by atoms with Gasteiger partial charge in [0, 0.05) is 6.08 Å². The van der Waals surface area contributed by atoms with Gasteiger partial charge in [0.25, 0.3) is 0 Å². The van der Waals surface area contributed by atoms with E-state index in [0.717, 1.165) is 42.0 Å². The van der Waals surface area contributed by atoms with Crippen molar-refractivity contribution in [3.8, 4) is 39.5 Å². The number of hydrogen-bond donors (Lipinski definition) is 1. The molecule has 0 atom stereocenters. The lowest BCUT2D eigenvalue weighted by atomic mass is 10.0. The van der Waals surface area contributed by atoms with Crippen LogP contribution in [0.15, 0.2) is 116 Å². The Morgan fingerprint density at radius 1 is 0.744 bits per heavy atom. The highest BCUT2D eigenvalue weighted by molar-refractivity contribution is 5.93. The summed E-state index contributed by atoms with van der Waals surface area (Å²) in [6, 6.07) is 26.8. The summed E-state index contributed by atoms with van der Waals surface area (Å²) in [5, 5.41) is 9.26. The second-order valence-corrected chi connectivity index (χ2v) is 9.73. The van der Waals surface area contributed by atoms with Gasteiger partial charge >= 0.3 is 17.9 Å². The molecule has 7 nitrogen and oxygen atoms in total. The molecule has 4 rings (SSSR count). The highest BCUT2D eigenvalue weighted by Crippen LogP contribution is 2.34. The van der Waals surface area contributed by atoms with Crippen LogP contribution in [0.5, 0.6) is 17.2 Å². The summed E-state index contributed by atoms with van der Waals surface area (Å²) in [6.07, 6.45) is 4.41. The molecule has 4 aromatic carbocycles. The Kier molecular flexibility index (Phi) is 10.4. The van der Waals surface area contributed by atoms with Crippen LogP contribution in [0, 0.1) is 0 Å². The summed E-state index contributed by atoms with van der Waals surface area (Å²) in [6.45, 7) is 8.45. The summed E-state index contributed by atoms with van der Waals surface area (Å²) in [4.78, 5) is 37.0. The van der Waals surface area contributed by atoms with Crippen molar-refractivity contribution >= 4 is 17.9 Å². The second-order valence-electron chi connectivity index (χ2n) is 9.73. The van der Waals surface area contributed by atoms with Crippen molar-refractivity contribution < 1.29 is 33.7 Å².